The van der Waals surface area contributed by atoms with E-state index in [0.29, 0.717) is 24.6 Å². The van der Waals surface area contributed by atoms with Crippen LogP contribution in [0.3, 0.4) is 0 Å². The van der Waals surface area contributed by atoms with Gasteiger partial charge in [0, 0.05) is 13.1 Å². The lowest BCUT2D eigenvalue weighted by Gasteiger charge is -2.22. The molecule has 5 heteroatoms. The monoisotopic (exact) mass is 373 g/mol. The Morgan fingerprint density at radius 2 is 1.63 bits per heavy atom. The van der Waals surface area contributed by atoms with Crippen molar-refractivity contribution < 1.29 is 19.3 Å². The van der Waals surface area contributed by atoms with Crippen LogP contribution in [0, 0.1) is 20.8 Å². The molecule has 2 aromatic rings. The van der Waals surface area contributed by atoms with E-state index in [-0.39, 0.29) is 6.61 Å². The van der Waals surface area contributed by atoms with Gasteiger partial charge >= 0.3 is 0 Å². The molecule has 2 rings (SSSR count). The van der Waals surface area contributed by atoms with Crippen LogP contribution >= 0.6 is 0 Å². The molecule has 1 atom stereocenters. The summed E-state index contributed by atoms with van der Waals surface area (Å²) in [5.41, 5.74) is 4.49. The maximum absolute atomic E-state index is 10.4. The first kappa shape index (κ1) is 21.1. The Kier molecular flexibility index (Phi) is 7.51. The number of ether oxygens (including phenoxy) is 3. The highest BCUT2D eigenvalue weighted by molar-refractivity contribution is 5.44. The molecular formula is C22H31NO4. The quantitative estimate of drug-likeness (QED) is 0.729. The van der Waals surface area contributed by atoms with Gasteiger partial charge in [0.25, 0.3) is 0 Å². The summed E-state index contributed by atoms with van der Waals surface area (Å²) in [6.45, 7) is 7.61. The minimum atomic E-state index is -0.575. The minimum Gasteiger partial charge on any atom is -0.493 e. The van der Waals surface area contributed by atoms with Gasteiger partial charge in [0.05, 0.1) is 14.2 Å². The molecule has 2 aromatic carbocycles. The Bertz CT molecular complexity index is 760. The molecule has 0 radical (unpaired) electrons. The van der Waals surface area contributed by atoms with E-state index in [1.165, 1.54) is 5.56 Å². The number of hydrogen-bond acceptors (Lipinski definition) is 5. The van der Waals surface area contributed by atoms with Gasteiger partial charge in [-0.1, -0.05) is 18.2 Å². The number of aliphatic hydroxyl groups excluding tert-OH is 1. The smallest absolute Gasteiger partial charge is 0.161 e. The number of hydrogen-bond donors (Lipinski definition) is 1. The number of methoxy groups -OCH3 is 2. The Balaban J connectivity index is 1.91. The third-order valence-electron chi connectivity index (χ3n) is 4.72. The summed E-state index contributed by atoms with van der Waals surface area (Å²) in [4.78, 5) is 2.06. The van der Waals surface area contributed by atoms with Gasteiger partial charge in [-0.25, -0.2) is 0 Å². The van der Waals surface area contributed by atoms with Crippen LogP contribution in [0.2, 0.25) is 0 Å². The molecule has 0 aliphatic rings. The molecule has 0 saturated heterocycles. The van der Waals surface area contributed by atoms with Crippen LogP contribution in [-0.4, -0.2) is 50.5 Å². The average Bonchev–Trinajstić information content (AvgIpc) is 2.64. The standard InChI is InChI=1S/C22H31NO4/c1-15-7-8-16(2)22(17(15)3)27-14-19(24)13-23(4)12-18-9-10-20(25-5)21(11-18)26-6/h7-11,19,24H,12-14H2,1-6H3. The largest absolute Gasteiger partial charge is 0.493 e. The van der Waals surface area contributed by atoms with Crippen molar-refractivity contribution >= 4 is 0 Å². The topological polar surface area (TPSA) is 51.2 Å². The molecule has 27 heavy (non-hydrogen) atoms. The van der Waals surface area contributed by atoms with Gasteiger partial charge in [-0.15, -0.1) is 0 Å². The lowest BCUT2D eigenvalue weighted by atomic mass is 10.1. The summed E-state index contributed by atoms with van der Waals surface area (Å²) in [7, 11) is 5.22. The van der Waals surface area contributed by atoms with Crippen molar-refractivity contribution in [2.45, 2.75) is 33.4 Å². The number of aryl methyl sites for hydroxylation is 2. The van der Waals surface area contributed by atoms with Gasteiger partial charge in [0.15, 0.2) is 11.5 Å². The van der Waals surface area contributed by atoms with Crippen molar-refractivity contribution in [1.82, 2.24) is 4.90 Å². The maximum atomic E-state index is 10.4. The summed E-state index contributed by atoms with van der Waals surface area (Å²) in [5, 5.41) is 10.4. The van der Waals surface area contributed by atoms with Crippen LogP contribution in [0.1, 0.15) is 22.3 Å². The van der Waals surface area contributed by atoms with Crippen LogP contribution in [0.5, 0.6) is 17.2 Å². The molecule has 0 aromatic heterocycles. The molecule has 5 nitrogen and oxygen atoms in total. The van der Waals surface area contributed by atoms with E-state index in [1.807, 2.05) is 45.2 Å². The highest BCUT2D eigenvalue weighted by atomic mass is 16.5. The average molecular weight is 373 g/mol. The molecule has 0 saturated carbocycles. The lowest BCUT2D eigenvalue weighted by molar-refractivity contribution is 0.0738. The molecule has 1 unspecified atom stereocenters. The second-order valence-corrected chi connectivity index (χ2v) is 7.00. The molecule has 0 heterocycles. The summed E-state index contributed by atoms with van der Waals surface area (Å²) in [5.74, 6) is 2.29. The zero-order valence-electron chi connectivity index (χ0n) is 17.2. The Hall–Kier alpha value is -2.24. The fraction of sp³-hybridized carbons (Fsp3) is 0.455. The Morgan fingerprint density at radius 3 is 2.30 bits per heavy atom. The Morgan fingerprint density at radius 1 is 0.963 bits per heavy atom. The molecule has 148 valence electrons. The summed E-state index contributed by atoms with van der Waals surface area (Å²) < 4.78 is 16.5. The van der Waals surface area contributed by atoms with Crippen molar-refractivity contribution in [3.8, 4) is 17.2 Å². The summed E-state index contributed by atoms with van der Waals surface area (Å²) in [6, 6.07) is 9.99. The molecule has 0 amide bonds. The van der Waals surface area contributed by atoms with E-state index >= 15 is 0 Å². The normalized spacial score (nSPS) is 12.1. The zero-order chi connectivity index (χ0) is 20.0. The molecule has 1 N–H and O–H groups in total. The highest BCUT2D eigenvalue weighted by Gasteiger charge is 2.13. The summed E-state index contributed by atoms with van der Waals surface area (Å²) in [6.07, 6.45) is -0.575. The van der Waals surface area contributed by atoms with E-state index in [1.54, 1.807) is 14.2 Å². The highest BCUT2D eigenvalue weighted by Crippen LogP contribution is 2.28. The Labute approximate surface area is 162 Å². The number of rotatable bonds is 9. The third kappa shape index (κ3) is 5.62. The fourth-order valence-electron chi connectivity index (χ4n) is 3.09. The van der Waals surface area contributed by atoms with Crippen molar-refractivity contribution in [2.24, 2.45) is 0 Å². The van der Waals surface area contributed by atoms with Crippen LogP contribution in [-0.2, 0) is 6.54 Å². The number of likely N-dealkylation sites (N-methyl/N-ethyl adjacent to an activating group) is 1. The molecule has 0 aliphatic heterocycles. The van der Waals surface area contributed by atoms with Crippen molar-refractivity contribution in [3.63, 3.8) is 0 Å². The molecular weight excluding hydrogens is 342 g/mol. The summed E-state index contributed by atoms with van der Waals surface area (Å²) >= 11 is 0. The number of nitrogens with zero attached hydrogens (tertiary/aromatic N) is 1. The van der Waals surface area contributed by atoms with Gasteiger partial charge < -0.3 is 19.3 Å². The van der Waals surface area contributed by atoms with E-state index < -0.39 is 6.10 Å². The van der Waals surface area contributed by atoms with Crippen molar-refractivity contribution in [2.75, 3.05) is 34.4 Å². The first-order valence-corrected chi connectivity index (χ1v) is 9.12. The molecule has 0 aliphatic carbocycles. The van der Waals surface area contributed by atoms with Gasteiger partial charge in [0.1, 0.15) is 18.5 Å². The van der Waals surface area contributed by atoms with Crippen LogP contribution in [0.15, 0.2) is 30.3 Å². The van der Waals surface area contributed by atoms with Gasteiger partial charge in [-0.3, -0.25) is 4.90 Å². The maximum Gasteiger partial charge on any atom is 0.161 e. The van der Waals surface area contributed by atoms with E-state index in [2.05, 4.69) is 17.9 Å². The predicted octanol–water partition coefficient (Wildman–Crippen LogP) is 3.50. The van der Waals surface area contributed by atoms with E-state index in [9.17, 15) is 5.11 Å². The SMILES string of the molecule is COc1ccc(CN(C)CC(O)COc2c(C)ccc(C)c2C)cc1OC. The second kappa shape index (κ2) is 9.62. The van der Waals surface area contributed by atoms with Crippen molar-refractivity contribution in [1.29, 1.82) is 0 Å². The number of aliphatic hydroxyl groups is 1. The predicted molar refractivity (Wildman–Crippen MR) is 108 cm³/mol. The van der Waals surface area contributed by atoms with Crippen LogP contribution in [0.25, 0.3) is 0 Å². The van der Waals surface area contributed by atoms with Gasteiger partial charge in [-0.2, -0.15) is 0 Å². The van der Waals surface area contributed by atoms with E-state index in [4.69, 9.17) is 14.2 Å². The number of benzene rings is 2. The van der Waals surface area contributed by atoms with Gasteiger partial charge in [0.2, 0.25) is 0 Å². The zero-order valence-corrected chi connectivity index (χ0v) is 17.2. The third-order valence-corrected chi connectivity index (χ3v) is 4.72. The fourth-order valence-corrected chi connectivity index (χ4v) is 3.09. The minimum absolute atomic E-state index is 0.265. The first-order valence-electron chi connectivity index (χ1n) is 9.12. The van der Waals surface area contributed by atoms with Crippen molar-refractivity contribution in [3.05, 3.63) is 52.6 Å². The lowest BCUT2D eigenvalue weighted by Crippen LogP contribution is -2.33. The molecule has 0 bridgehead atoms. The van der Waals surface area contributed by atoms with E-state index in [0.717, 1.165) is 22.4 Å². The van der Waals surface area contributed by atoms with Crippen LogP contribution in [0.4, 0.5) is 0 Å². The molecule has 0 spiro atoms. The first-order chi connectivity index (χ1) is 12.8. The molecule has 0 fully saturated rings. The van der Waals surface area contributed by atoms with Gasteiger partial charge in [-0.05, 0) is 62.2 Å². The second-order valence-electron chi connectivity index (χ2n) is 7.00. The van der Waals surface area contributed by atoms with Crippen LogP contribution < -0.4 is 14.2 Å².